The van der Waals surface area contributed by atoms with Crippen LogP contribution < -0.4 is 11.5 Å². The molecule has 0 spiro atoms. The van der Waals surface area contributed by atoms with Crippen molar-refractivity contribution in [3.8, 4) is 0 Å². The standard InChI is InChI=1S/C6H7BrN2.C2H6/c7-5-2-1-4(8)3-6(5)9;1-2/h1-3H,8-9H2;1-2H3. The van der Waals surface area contributed by atoms with Gasteiger partial charge < -0.3 is 11.5 Å². The van der Waals surface area contributed by atoms with E-state index in [0.29, 0.717) is 11.4 Å². The Kier molecular flexibility index (Phi) is 4.70. The highest BCUT2D eigenvalue weighted by atomic mass is 79.9. The molecular weight excluding hydrogens is 204 g/mol. The van der Waals surface area contributed by atoms with Gasteiger partial charge in [-0.25, -0.2) is 0 Å². The third kappa shape index (κ3) is 3.28. The van der Waals surface area contributed by atoms with Gasteiger partial charge in [-0.3, -0.25) is 0 Å². The summed E-state index contributed by atoms with van der Waals surface area (Å²) in [4.78, 5) is 0. The fraction of sp³-hybridized carbons (Fsp3) is 0.250. The van der Waals surface area contributed by atoms with Crippen molar-refractivity contribution in [2.75, 3.05) is 11.5 Å². The van der Waals surface area contributed by atoms with Gasteiger partial charge in [0.25, 0.3) is 0 Å². The highest BCUT2D eigenvalue weighted by molar-refractivity contribution is 9.10. The average Bonchev–Trinajstić information content (AvgIpc) is 2.02. The van der Waals surface area contributed by atoms with Crippen molar-refractivity contribution in [1.29, 1.82) is 0 Å². The SMILES string of the molecule is CC.Nc1ccc(Br)c(N)c1. The molecule has 11 heavy (non-hydrogen) atoms. The van der Waals surface area contributed by atoms with E-state index in [-0.39, 0.29) is 0 Å². The number of anilines is 2. The van der Waals surface area contributed by atoms with Crippen molar-refractivity contribution < 1.29 is 0 Å². The Morgan fingerprint density at radius 3 is 2.09 bits per heavy atom. The van der Waals surface area contributed by atoms with Crippen LogP contribution in [-0.2, 0) is 0 Å². The normalized spacial score (nSPS) is 8.27. The molecular formula is C8H13BrN2. The average molecular weight is 217 g/mol. The maximum Gasteiger partial charge on any atom is 0.0479 e. The number of benzene rings is 1. The molecule has 4 N–H and O–H groups in total. The van der Waals surface area contributed by atoms with E-state index in [1.54, 1.807) is 12.1 Å². The molecule has 0 aliphatic rings. The van der Waals surface area contributed by atoms with E-state index in [1.807, 2.05) is 19.9 Å². The van der Waals surface area contributed by atoms with Crippen molar-refractivity contribution in [1.82, 2.24) is 0 Å². The molecule has 0 unspecified atom stereocenters. The van der Waals surface area contributed by atoms with Crippen molar-refractivity contribution in [2.45, 2.75) is 13.8 Å². The maximum absolute atomic E-state index is 5.49. The minimum absolute atomic E-state index is 0.676. The number of halogens is 1. The molecule has 0 bridgehead atoms. The van der Waals surface area contributed by atoms with Gasteiger partial charge >= 0.3 is 0 Å². The Bertz CT molecular complexity index is 223. The number of hydrogen-bond donors (Lipinski definition) is 2. The van der Waals surface area contributed by atoms with Crippen LogP contribution in [0.5, 0.6) is 0 Å². The maximum atomic E-state index is 5.49. The van der Waals surface area contributed by atoms with E-state index < -0.39 is 0 Å². The van der Waals surface area contributed by atoms with Gasteiger partial charge in [0.1, 0.15) is 0 Å². The molecule has 0 atom stereocenters. The molecule has 0 amide bonds. The molecule has 0 aromatic heterocycles. The quantitative estimate of drug-likeness (QED) is 0.656. The van der Waals surface area contributed by atoms with Gasteiger partial charge in [0.2, 0.25) is 0 Å². The van der Waals surface area contributed by atoms with Crippen LogP contribution in [-0.4, -0.2) is 0 Å². The second kappa shape index (κ2) is 5.02. The molecule has 0 radical (unpaired) electrons. The van der Waals surface area contributed by atoms with E-state index in [0.717, 1.165) is 4.47 Å². The molecule has 62 valence electrons. The first kappa shape index (κ1) is 10.3. The number of rotatable bonds is 0. The minimum atomic E-state index is 0.676. The summed E-state index contributed by atoms with van der Waals surface area (Å²) >= 11 is 3.25. The largest absolute Gasteiger partial charge is 0.399 e. The van der Waals surface area contributed by atoms with E-state index in [1.165, 1.54) is 0 Å². The van der Waals surface area contributed by atoms with Crippen LogP contribution in [0.25, 0.3) is 0 Å². The molecule has 0 saturated heterocycles. The highest BCUT2D eigenvalue weighted by Gasteiger charge is 1.92. The van der Waals surface area contributed by atoms with Crippen LogP contribution in [0.4, 0.5) is 11.4 Å². The third-order valence-corrected chi connectivity index (χ3v) is 1.74. The smallest absolute Gasteiger partial charge is 0.0479 e. The van der Waals surface area contributed by atoms with Crippen LogP contribution >= 0.6 is 15.9 Å². The Hall–Kier alpha value is -0.700. The van der Waals surface area contributed by atoms with Gasteiger partial charge in [-0.1, -0.05) is 13.8 Å². The van der Waals surface area contributed by atoms with Crippen molar-refractivity contribution in [3.63, 3.8) is 0 Å². The molecule has 1 aromatic carbocycles. The summed E-state index contributed by atoms with van der Waals surface area (Å²) in [5, 5.41) is 0. The van der Waals surface area contributed by atoms with E-state index in [4.69, 9.17) is 11.5 Å². The third-order valence-electron chi connectivity index (χ3n) is 1.02. The van der Waals surface area contributed by atoms with Gasteiger partial charge in [-0.15, -0.1) is 0 Å². The molecule has 3 heteroatoms. The zero-order valence-electron chi connectivity index (χ0n) is 6.76. The van der Waals surface area contributed by atoms with Gasteiger partial charge in [-0.2, -0.15) is 0 Å². The van der Waals surface area contributed by atoms with Crippen LogP contribution in [0, 0.1) is 0 Å². The van der Waals surface area contributed by atoms with Gasteiger partial charge in [-0.05, 0) is 34.1 Å². The summed E-state index contributed by atoms with van der Waals surface area (Å²) in [5.41, 5.74) is 12.3. The van der Waals surface area contributed by atoms with E-state index >= 15 is 0 Å². The molecule has 1 aromatic rings. The lowest BCUT2D eigenvalue weighted by molar-refractivity contribution is 1.50. The first-order valence-electron chi connectivity index (χ1n) is 3.50. The van der Waals surface area contributed by atoms with Crippen LogP contribution in [0.3, 0.4) is 0 Å². The second-order valence-corrected chi connectivity index (χ2v) is 2.64. The molecule has 0 fully saturated rings. The first-order chi connectivity index (χ1) is 5.20. The monoisotopic (exact) mass is 216 g/mol. The Labute approximate surface area is 75.7 Å². The predicted octanol–water partition coefficient (Wildman–Crippen LogP) is 2.64. The first-order valence-corrected chi connectivity index (χ1v) is 4.30. The molecule has 1 rings (SSSR count). The zero-order valence-corrected chi connectivity index (χ0v) is 8.35. The lowest BCUT2D eigenvalue weighted by Gasteiger charge is -1.96. The van der Waals surface area contributed by atoms with E-state index in [9.17, 15) is 0 Å². The summed E-state index contributed by atoms with van der Waals surface area (Å²) in [6.07, 6.45) is 0. The van der Waals surface area contributed by atoms with Crippen molar-refractivity contribution >= 4 is 27.3 Å². The second-order valence-electron chi connectivity index (χ2n) is 1.78. The minimum Gasteiger partial charge on any atom is -0.399 e. The fourth-order valence-corrected chi connectivity index (χ4v) is 0.809. The highest BCUT2D eigenvalue weighted by Crippen LogP contribution is 2.20. The summed E-state index contributed by atoms with van der Waals surface area (Å²) in [6, 6.07) is 5.33. The lowest BCUT2D eigenvalue weighted by Crippen LogP contribution is -1.89. The summed E-state index contributed by atoms with van der Waals surface area (Å²) < 4.78 is 0.886. The molecule has 0 aliphatic heterocycles. The Morgan fingerprint density at radius 1 is 1.18 bits per heavy atom. The lowest BCUT2D eigenvalue weighted by atomic mass is 10.3. The summed E-state index contributed by atoms with van der Waals surface area (Å²) in [6.45, 7) is 4.00. The molecule has 0 saturated carbocycles. The zero-order chi connectivity index (χ0) is 8.85. The summed E-state index contributed by atoms with van der Waals surface area (Å²) in [7, 11) is 0. The molecule has 0 heterocycles. The van der Waals surface area contributed by atoms with Crippen LogP contribution in [0.1, 0.15) is 13.8 Å². The topological polar surface area (TPSA) is 52.0 Å². The van der Waals surface area contributed by atoms with Gasteiger partial charge in [0.15, 0.2) is 0 Å². The summed E-state index contributed by atoms with van der Waals surface area (Å²) in [5.74, 6) is 0. The molecule has 0 aliphatic carbocycles. The van der Waals surface area contributed by atoms with Crippen molar-refractivity contribution in [2.24, 2.45) is 0 Å². The van der Waals surface area contributed by atoms with Gasteiger partial charge in [0.05, 0.1) is 0 Å². The van der Waals surface area contributed by atoms with Crippen LogP contribution in [0.2, 0.25) is 0 Å². The van der Waals surface area contributed by atoms with Crippen molar-refractivity contribution in [3.05, 3.63) is 22.7 Å². The predicted molar refractivity (Wildman–Crippen MR) is 54.3 cm³/mol. The van der Waals surface area contributed by atoms with E-state index in [2.05, 4.69) is 15.9 Å². The number of hydrogen-bond acceptors (Lipinski definition) is 2. The number of nitrogens with two attached hydrogens (primary N) is 2. The number of nitrogen functional groups attached to an aromatic ring is 2. The van der Waals surface area contributed by atoms with Crippen LogP contribution in [0.15, 0.2) is 22.7 Å². The fourth-order valence-electron chi connectivity index (χ4n) is 0.562. The Balaban J connectivity index is 0.000000461. The van der Waals surface area contributed by atoms with Gasteiger partial charge in [0, 0.05) is 15.8 Å². The Morgan fingerprint density at radius 2 is 1.73 bits per heavy atom. The molecule has 2 nitrogen and oxygen atoms in total.